The fourth-order valence-corrected chi connectivity index (χ4v) is 4.25. The average molecular weight is 416 g/mol. The molecule has 1 aromatic carbocycles. The number of ether oxygens (including phenoxy) is 1. The molecule has 2 aliphatic rings. The van der Waals surface area contributed by atoms with Crippen molar-refractivity contribution >= 4 is 17.1 Å². The number of benzene rings is 1. The molecule has 2 aliphatic heterocycles. The number of piperazine rings is 1. The summed E-state index contributed by atoms with van der Waals surface area (Å²) in [5.74, 6) is 1.08. The molecular weight excluding hydrogens is 392 g/mol. The molecule has 2 fully saturated rings. The summed E-state index contributed by atoms with van der Waals surface area (Å²) in [5.41, 5.74) is 4.33. The minimum atomic E-state index is 0.166. The number of carbonyl (C=O) groups is 1. The Morgan fingerprint density at radius 2 is 1.90 bits per heavy atom. The number of anilines is 1. The Labute approximate surface area is 180 Å². The minimum Gasteiger partial charge on any atom is -0.494 e. The van der Waals surface area contributed by atoms with Crippen molar-refractivity contribution in [3.05, 3.63) is 48.3 Å². The predicted molar refractivity (Wildman–Crippen MR) is 117 cm³/mol. The monoisotopic (exact) mass is 416 g/mol. The summed E-state index contributed by atoms with van der Waals surface area (Å²) in [4.78, 5) is 16.7. The average Bonchev–Trinajstić information content (AvgIpc) is 3.21. The SMILES string of the molecule is COc1cc(-c2ccc(N3CCN(C(=O)C4CNC4)CC3)cc2)cn2ncc(C#N)c12. The number of amides is 1. The van der Waals surface area contributed by atoms with Crippen LogP contribution in [0.5, 0.6) is 5.75 Å². The Bertz CT molecular complexity index is 1150. The van der Waals surface area contributed by atoms with E-state index in [0.717, 1.165) is 56.1 Å². The van der Waals surface area contributed by atoms with Crippen LogP contribution in [0.2, 0.25) is 0 Å². The molecule has 8 nitrogen and oxygen atoms in total. The standard InChI is InChI=1S/C23H24N6O2/c1-31-21-10-17(15-29-22(21)18(11-24)14-26-29)16-2-4-20(5-3-16)27-6-8-28(9-7-27)23(30)19-12-25-13-19/h2-5,10,14-15,19,25H,6-9,12-13H2,1H3. The van der Waals surface area contributed by atoms with Crippen LogP contribution in [0.1, 0.15) is 5.56 Å². The number of hydrogen-bond acceptors (Lipinski definition) is 6. The number of nitrogens with one attached hydrogen (secondary N) is 1. The second-order valence-corrected chi connectivity index (χ2v) is 7.97. The molecule has 0 spiro atoms. The van der Waals surface area contributed by atoms with Gasteiger partial charge in [-0.15, -0.1) is 0 Å². The van der Waals surface area contributed by atoms with Crippen molar-refractivity contribution in [1.29, 1.82) is 5.26 Å². The molecule has 5 rings (SSSR count). The summed E-state index contributed by atoms with van der Waals surface area (Å²) in [6.07, 6.45) is 3.46. The molecule has 2 saturated heterocycles. The van der Waals surface area contributed by atoms with Gasteiger partial charge in [0, 0.05) is 56.7 Å². The normalized spacial score (nSPS) is 16.8. The zero-order valence-corrected chi connectivity index (χ0v) is 17.4. The van der Waals surface area contributed by atoms with E-state index in [-0.39, 0.29) is 11.8 Å². The number of rotatable bonds is 4. The van der Waals surface area contributed by atoms with Gasteiger partial charge in [-0.25, -0.2) is 4.52 Å². The highest BCUT2D eigenvalue weighted by atomic mass is 16.5. The first-order valence-corrected chi connectivity index (χ1v) is 10.5. The van der Waals surface area contributed by atoms with E-state index in [1.165, 1.54) is 0 Å². The molecule has 0 radical (unpaired) electrons. The molecule has 4 heterocycles. The number of methoxy groups -OCH3 is 1. The Morgan fingerprint density at radius 1 is 1.16 bits per heavy atom. The van der Waals surface area contributed by atoms with Crippen molar-refractivity contribution < 1.29 is 9.53 Å². The van der Waals surface area contributed by atoms with E-state index in [0.29, 0.717) is 16.8 Å². The molecule has 158 valence electrons. The molecular formula is C23H24N6O2. The molecule has 2 aromatic heterocycles. The predicted octanol–water partition coefficient (Wildman–Crippen LogP) is 1.75. The molecule has 3 aromatic rings. The summed E-state index contributed by atoms with van der Waals surface area (Å²) in [5, 5.41) is 16.7. The Balaban J connectivity index is 1.31. The van der Waals surface area contributed by atoms with E-state index < -0.39 is 0 Å². The van der Waals surface area contributed by atoms with E-state index in [1.54, 1.807) is 17.8 Å². The Kier molecular flexibility index (Phi) is 4.96. The van der Waals surface area contributed by atoms with Gasteiger partial charge in [0.1, 0.15) is 22.9 Å². The largest absolute Gasteiger partial charge is 0.494 e. The Morgan fingerprint density at radius 3 is 2.52 bits per heavy atom. The summed E-state index contributed by atoms with van der Waals surface area (Å²) >= 11 is 0. The molecule has 0 aliphatic carbocycles. The van der Waals surface area contributed by atoms with Crippen molar-refractivity contribution in [3.63, 3.8) is 0 Å². The molecule has 0 bridgehead atoms. The van der Waals surface area contributed by atoms with Gasteiger partial charge in [-0.3, -0.25) is 4.79 Å². The number of hydrogen-bond donors (Lipinski definition) is 1. The van der Waals surface area contributed by atoms with Gasteiger partial charge >= 0.3 is 0 Å². The third-order valence-electron chi connectivity index (χ3n) is 6.21. The van der Waals surface area contributed by atoms with Gasteiger partial charge in [-0.1, -0.05) is 12.1 Å². The van der Waals surface area contributed by atoms with Crippen molar-refractivity contribution in [2.45, 2.75) is 0 Å². The molecule has 1 amide bonds. The van der Waals surface area contributed by atoms with Crippen molar-refractivity contribution in [3.8, 4) is 22.9 Å². The smallest absolute Gasteiger partial charge is 0.228 e. The van der Waals surface area contributed by atoms with Crippen LogP contribution in [0.25, 0.3) is 16.6 Å². The molecule has 0 atom stereocenters. The highest BCUT2D eigenvalue weighted by Gasteiger charge is 2.31. The van der Waals surface area contributed by atoms with Crippen molar-refractivity contribution in [2.24, 2.45) is 5.92 Å². The summed E-state index contributed by atoms with van der Waals surface area (Å²) in [6.45, 7) is 4.85. The van der Waals surface area contributed by atoms with Gasteiger partial charge < -0.3 is 19.9 Å². The van der Waals surface area contributed by atoms with Crippen LogP contribution in [-0.2, 0) is 4.79 Å². The van der Waals surface area contributed by atoms with Gasteiger partial charge in [0.05, 0.1) is 19.2 Å². The number of pyridine rings is 1. The molecule has 0 unspecified atom stereocenters. The highest BCUT2D eigenvalue weighted by molar-refractivity contribution is 5.80. The third kappa shape index (κ3) is 3.47. The zero-order valence-electron chi connectivity index (χ0n) is 17.4. The lowest BCUT2D eigenvalue weighted by Crippen LogP contribution is -2.56. The summed E-state index contributed by atoms with van der Waals surface area (Å²) in [6, 6.07) is 12.5. The number of carbonyl (C=O) groups excluding carboxylic acids is 1. The van der Waals surface area contributed by atoms with Crippen LogP contribution in [0.4, 0.5) is 5.69 Å². The number of nitrogens with zero attached hydrogens (tertiary/aromatic N) is 5. The maximum absolute atomic E-state index is 12.4. The van der Waals surface area contributed by atoms with Crippen LogP contribution in [0.3, 0.4) is 0 Å². The summed E-state index contributed by atoms with van der Waals surface area (Å²) < 4.78 is 7.20. The van der Waals surface area contributed by atoms with Crippen LogP contribution in [0.15, 0.2) is 42.7 Å². The fourth-order valence-electron chi connectivity index (χ4n) is 4.25. The first-order valence-electron chi connectivity index (χ1n) is 10.5. The van der Waals surface area contributed by atoms with Crippen molar-refractivity contribution in [1.82, 2.24) is 19.8 Å². The van der Waals surface area contributed by atoms with Crippen LogP contribution < -0.4 is 15.0 Å². The van der Waals surface area contributed by atoms with Gasteiger partial charge in [-0.05, 0) is 23.8 Å². The first-order chi connectivity index (χ1) is 15.2. The lowest BCUT2D eigenvalue weighted by molar-refractivity contribution is -0.137. The van der Waals surface area contributed by atoms with Crippen LogP contribution in [0, 0.1) is 17.2 Å². The number of nitriles is 1. The van der Waals surface area contributed by atoms with E-state index in [9.17, 15) is 10.1 Å². The maximum Gasteiger partial charge on any atom is 0.228 e. The molecule has 8 heteroatoms. The molecule has 1 N–H and O–H groups in total. The lowest BCUT2D eigenvalue weighted by Gasteiger charge is -2.39. The maximum atomic E-state index is 12.4. The topological polar surface area (TPSA) is 85.9 Å². The fraction of sp³-hybridized carbons (Fsp3) is 0.348. The quantitative estimate of drug-likeness (QED) is 0.698. The second kappa shape index (κ2) is 7.93. The zero-order chi connectivity index (χ0) is 21.4. The first kappa shape index (κ1) is 19.4. The van der Waals surface area contributed by atoms with E-state index in [4.69, 9.17) is 4.74 Å². The van der Waals surface area contributed by atoms with E-state index >= 15 is 0 Å². The Hall–Kier alpha value is -3.57. The van der Waals surface area contributed by atoms with Gasteiger partial charge in [0.25, 0.3) is 0 Å². The second-order valence-electron chi connectivity index (χ2n) is 7.97. The van der Waals surface area contributed by atoms with Crippen LogP contribution >= 0.6 is 0 Å². The van der Waals surface area contributed by atoms with Gasteiger partial charge in [-0.2, -0.15) is 10.4 Å². The van der Waals surface area contributed by atoms with E-state index in [2.05, 4.69) is 45.7 Å². The minimum absolute atomic E-state index is 0.166. The number of aromatic nitrogens is 2. The molecule has 0 saturated carbocycles. The van der Waals surface area contributed by atoms with Crippen LogP contribution in [-0.4, -0.2) is 66.8 Å². The van der Waals surface area contributed by atoms with Gasteiger partial charge in [0.2, 0.25) is 5.91 Å². The lowest BCUT2D eigenvalue weighted by atomic mass is 10.0. The summed E-state index contributed by atoms with van der Waals surface area (Å²) in [7, 11) is 1.60. The third-order valence-corrected chi connectivity index (χ3v) is 6.21. The number of fused-ring (bicyclic) bond motifs is 1. The van der Waals surface area contributed by atoms with E-state index in [1.807, 2.05) is 17.2 Å². The van der Waals surface area contributed by atoms with Gasteiger partial charge in [0.15, 0.2) is 0 Å². The molecule has 31 heavy (non-hydrogen) atoms. The van der Waals surface area contributed by atoms with Crippen molar-refractivity contribution in [2.75, 3.05) is 51.3 Å². The highest BCUT2D eigenvalue weighted by Crippen LogP contribution is 2.31.